The quantitative estimate of drug-likeness (QED) is 0.415. The minimum atomic E-state index is 0.252. The Hall–Kier alpha value is -3.80. The van der Waals surface area contributed by atoms with E-state index in [1.54, 1.807) is 13.3 Å². The van der Waals surface area contributed by atoms with Gasteiger partial charge in [-0.3, -0.25) is 10.1 Å². The number of nitrogens with zero attached hydrogens (tertiary/aromatic N) is 5. The van der Waals surface area contributed by atoms with Crippen molar-refractivity contribution in [2.75, 3.05) is 31.6 Å². The summed E-state index contributed by atoms with van der Waals surface area (Å²) in [5.41, 5.74) is 1.71. The largest absolute Gasteiger partial charge is 0.461 e. The molecule has 0 bridgehead atoms. The third kappa shape index (κ3) is 5.04. The van der Waals surface area contributed by atoms with Crippen molar-refractivity contribution in [3.05, 3.63) is 54.0 Å². The lowest BCUT2D eigenvalue weighted by molar-refractivity contribution is 0.468. The molecule has 4 rings (SSSR count). The molecule has 3 aromatic rings. The van der Waals surface area contributed by atoms with Gasteiger partial charge in [-0.05, 0) is 37.1 Å². The summed E-state index contributed by atoms with van der Waals surface area (Å²) in [6.45, 7) is 2.45. The number of aromatic amines is 1. The number of rotatable bonds is 6. The predicted octanol–water partition coefficient (Wildman–Crippen LogP) is 2.31. The standard InChI is InChI=1S/C22H26N8O/c1-24-22(25-11-10-20-27-21(29-28-20)19-9-5-13-31-19)26-17-7-4-12-30(15-17)18-8-3-2-6-16(18)14-23/h2-3,5-6,8-9,13,17H,4,7,10-12,15H2,1H3,(H2,24,25,26)(H,27,28,29). The Bertz CT molecular complexity index is 1050. The van der Waals surface area contributed by atoms with Gasteiger partial charge >= 0.3 is 0 Å². The van der Waals surface area contributed by atoms with Crippen LogP contribution in [0.25, 0.3) is 11.6 Å². The van der Waals surface area contributed by atoms with Crippen molar-refractivity contribution in [1.29, 1.82) is 5.26 Å². The van der Waals surface area contributed by atoms with Crippen LogP contribution < -0.4 is 15.5 Å². The van der Waals surface area contributed by atoms with Crippen molar-refractivity contribution in [2.24, 2.45) is 4.99 Å². The van der Waals surface area contributed by atoms with Crippen molar-refractivity contribution in [3.63, 3.8) is 0 Å². The van der Waals surface area contributed by atoms with Crippen LogP contribution in [0.4, 0.5) is 5.69 Å². The monoisotopic (exact) mass is 418 g/mol. The summed E-state index contributed by atoms with van der Waals surface area (Å²) in [6.07, 6.45) is 4.40. The van der Waals surface area contributed by atoms with Crippen molar-refractivity contribution < 1.29 is 4.42 Å². The van der Waals surface area contributed by atoms with E-state index in [0.717, 1.165) is 43.4 Å². The van der Waals surface area contributed by atoms with Crippen LogP contribution in [0.5, 0.6) is 0 Å². The molecule has 1 unspecified atom stereocenters. The van der Waals surface area contributed by atoms with E-state index in [2.05, 4.69) is 41.8 Å². The number of H-pyrrole nitrogens is 1. The first kappa shape index (κ1) is 20.5. The summed E-state index contributed by atoms with van der Waals surface area (Å²) in [4.78, 5) is 11.1. The van der Waals surface area contributed by atoms with Gasteiger partial charge in [0, 0.05) is 39.1 Å². The van der Waals surface area contributed by atoms with Gasteiger partial charge in [-0.25, -0.2) is 4.98 Å². The SMILES string of the molecule is CN=C(NCCc1nc(-c2ccco2)n[nH]1)NC1CCCN(c2ccccc2C#N)C1. The van der Waals surface area contributed by atoms with Crippen molar-refractivity contribution in [1.82, 2.24) is 25.8 Å². The van der Waals surface area contributed by atoms with Gasteiger partial charge in [-0.1, -0.05) is 12.1 Å². The van der Waals surface area contributed by atoms with Gasteiger partial charge < -0.3 is 20.0 Å². The molecule has 9 heteroatoms. The molecule has 9 nitrogen and oxygen atoms in total. The van der Waals surface area contributed by atoms with Gasteiger partial charge in [-0.2, -0.15) is 10.4 Å². The van der Waals surface area contributed by atoms with Crippen LogP contribution in [0.3, 0.4) is 0 Å². The lowest BCUT2D eigenvalue weighted by atomic mass is 10.0. The summed E-state index contributed by atoms with van der Waals surface area (Å²) in [6, 6.07) is 14.0. The summed E-state index contributed by atoms with van der Waals surface area (Å²) in [5.74, 6) is 2.74. The van der Waals surface area contributed by atoms with Crippen molar-refractivity contribution in [3.8, 4) is 17.7 Å². The first-order chi connectivity index (χ1) is 15.3. The molecule has 3 N–H and O–H groups in total. The van der Waals surface area contributed by atoms with Crippen LogP contribution in [0.15, 0.2) is 52.1 Å². The first-order valence-electron chi connectivity index (χ1n) is 10.4. The molecule has 0 spiro atoms. The van der Waals surface area contributed by atoms with E-state index in [1.807, 2.05) is 36.4 Å². The molecule has 1 aliphatic rings. The van der Waals surface area contributed by atoms with Crippen LogP contribution in [0.2, 0.25) is 0 Å². The zero-order valence-electron chi connectivity index (χ0n) is 17.5. The average molecular weight is 419 g/mol. The van der Waals surface area contributed by atoms with E-state index in [1.165, 1.54) is 0 Å². The van der Waals surface area contributed by atoms with Gasteiger partial charge in [0.2, 0.25) is 5.82 Å². The van der Waals surface area contributed by atoms with E-state index in [-0.39, 0.29) is 6.04 Å². The highest BCUT2D eigenvalue weighted by Gasteiger charge is 2.22. The zero-order chi connectivity index (χ0) is 21.5. The number of piperidine rings is 1. The summed E-state index contributed by atoms with van der Waals surface area (Å²) >= 11 is 0. The minimum Gasteiger partial charge on any atom is -0.461 e. The molecule has 2 aromatic heterocycles. The molecule has 3 heterocycles. The van der Waals surface area contributed by atoms with Crippen LogP contribution in [0.1, 0.15) is 24.2 Å². The Morgan fingerprint density at radius 2 is 2.26 bits per heavy atom. The Balaban J connectivity index is 1.28. The zero-order valence-corrected chi connectivity index (χ0v) is 17.5. The molecule has 1 fully saturated rings. The second-order valence-electron chi connectivity index (χ2n) is 7.39. The number of aromatic nitrogens is 3. The van der Waals surface area contributed by atoms with Crippen LogP contribution in [-0.2, 0) is 6.42 Å². The minimum absolute atomic E-state index is 0.252. The highest BCUT2D eigenvalue weighted by atomic mass is 16.3. The molecule has 0 radical (unpaired) electrons. The maximum absolute atomic E-state index is 9.41. The third-order valence-electron chi connectivity index (χ3n) is 5.28. The number of anilines is 1. The molecule has 1 aromatic carbocycles. The van der Waals surface area contributed by atoms with E-state index < -0.39 is 0 Å². The van der Waals surface area contributed by atoms with Gasteiger partial charge in [0.1, 0.15) is 11.9 Å². The number of nitriles is 1. The smallest absolute Gasteiger partial charge is 0.216 e. The maximum atomic E-state index is 9.41. The van der Waals surface area contributed by atoms with Crippen LogP contribution >= 0.6 is 0 Å². The molecular formula is C22H26N8O. The first-order valence-corrected chi connectivity index (χ1v) is 10.4. The van der Waals surface area contributed by atoms with E-state index >= 15 is 0 Å². The number of para-hydroxylation sites is 1. The fourth-order valence-corrected chi connectivity index (χ4v) is 3.77. The number of aliphatic imine (C=N–C) groups is 1. The Kier molecular flexibility index (Phi) is 6.47. The number of hydrogen-bond acceptors (Lipinski definition) is 6. The van der Waals surface area contributed by atoms with Gasteiger partial charge in [-0.15, -0.1) is 0 Å². The van der Waals surface area contributed by atoms with E-state index in [0.29, 0.717) is 30.1 Å². The van der Waals surface area contributed by atoms with Crippen molar-refractivity contribution >= 4 is 11.6 Å². The number of hydrogen-bond donors (Lipinski definition) is 3. The van der Waals surface area contributed by atoms with E-state index in [4.69, 9.17) is 4.42 Å². The average Bonchev–Trinajstić information content (AvgIpc) is 3.51. The fourth-order valence-electron chi connectivity index (χ4n) is 3.77. The van der Waals surface area contributed by atoms with Crippen molar-refractivity contribution in [2.45, 2.75) is 25.3 Å². The summed E-state index contributed by atoms with van der Waals surface area (Å²) in [7, 11) is 1.77. The van der Waals surface area contributed by atoms with E-state index in [9.17, 15) is 5.26 Å². The molecule has 0 saturated carbocycles. The number of furan rings is 1. The van der Waals surface area contributed by atoms with Crippen LogP contribution in [0, 0.1) is 11.3 Å². The number of guanidine groups is 1. The number of benzene rings is 1. The molecule has 160 valence electrons. The molecular weight excluding hydrogens is 392 g/mol. The highest BCUT2D eigenvalue weighted by Crippen LogP contribution is 2.23. The Morgan fingerprint density at radius 1 is 1.35 bits per heavy atom. The fraction of sp³-hybridized carbons (Fsp3) is 0.364. The lowest BCUT2D eigenvalue weighted by Gasteiger charge is -2.35. The molecule has 0 amide bonds. The molecule has 1 aliphatic heterocycles. The second kappa shape index (κ2) is 9.80. The lowest BCUT2D eigenvalue weighted by Crippen LogP contribution is -2.51. The highest BCUT2D eigenvalue weighted by molar-refractivity contribution is 5.80. The van der Waals surface area contributed by atoms with Gasteiger partial charge in [0.15, 0.2) is 11.7 Å². The summed E-state index contributed by atoms with van der Waals surface area (Å²) in [5, 5.41) is 23.4. The van der Waals surface area contributed by atoms with Gasteiger partial charge in [0.25, 0.3) is 0 Å². The second-order valence-corrected chi connectivity index (χ2v) is 7.39. The maximum Gasteiger partial charge on any atom is 0.216 e. The number of nitrogens with one attached hydrogen (secondary N) is 3. The van der Waals surface area contributed by atoms with Crippen LogP contribution in [-0.4, -0.2) is 53.9 Å². The Labute approximate surface area is 181 Å². The third-order valence-corrected chi connectivity index (χ3v) is 5.28. The van der Waals surface area contributed by atoms with Gasteiger partial charge in [0.05, 0.1) is 17.5 Å². The molecule has 0 aliphatic carbocycles. The topological polar surface area (TPSA) is 118 Å². The molecule has 31 heavy (non-hydrogen) atoms. The normalized spacial score (nSPS) is 16.7. The molecule has 1 saturated heterocycles. The molecule has 1 atom stereocenters. The predicted molar refractivity (Wildman–Crippen MR) is 119 cm³/mol. The summed E-state index contributed by atoms with van der Waals surface area (Å²) < 4.78 is 5.32. The Morgan fingerprint density at radius 3 is 3.06 bits per heavy atom.